The monoisotopic (exact) mass is 311 g/mol. The lowest BCUT2D eigenvalue weighted by Gasteiger charge is -2.21. The zero-order valence-electron chi connectivity index (χ0n) is 11.7. The Morgan fingerprint density at radius 1 is 1.52 bits per heavy atom. The molecular weight excluding hydrogens is 294 g/mol. The van der Waals surface area contributed by atoms with E-state index < -0.39 is 0 Å². The summed E-state index contributed by atoms with van der Waals surface area (Å²) >= 11 is 1.51. The number of aryl methyl sites for hydroxylation is 1. The van der Waals surface area contributed by atoms with Gasteiger partial charge in [0, 0.05) is 38.1 Å². The summed E-state index contributed by atoms with van der Waals surface area (Å²) in [5.74, 6) is 0.459. The Morgan fingerprint density at radius 3 is 3.00 bits per heavy atom. The van der Waals surface area contributed by atoms with Crippen molar-refractivity contribution in [2.45, 2.75) is 19.4 Å². The number of aromatic nitrogens is 4. The highest BCUT2D eigenvalue weighted by atomic mass is 32.1. The first-order valence-electron chi connectivity index (χ1n) is 6.47. The van der Waals surface area contributed by atoms with E-state index in [2.05, 4.69) is 20.2 Å². The molecule has 8 nitrogen and oxygen atoms in total. The number of nitrogens with one attached hydrogen (secondary N) is 2. The Balaban J connectivity index is 1.91. The predicted molar refractivity (Wildman–Crippen MR) is 76.9 cm³/mol. The van der Waals surface area contributed by atoms with Crippen LogP contribution in [0.2, 0.25) is 0 Å². The number of hydrogen-bond acceptors (Lipinski definition) is 6. The summed E-state index contributed by atoms with van der Waals surface area (Å²) < 4.78 is 5.03. The number of H-pyrrole nitrogens is 2. The van der Waals surface area contributed by atoms with E-state index >= 15 is 0 Å². The molecule has 0 unspecified atom stereocenters. The minimum absolute atomic E-state index is 0.0221. The normalized spacial score (nSPS) is 10.7. The molecule has 0 bridgehead atoms. The second-order valence-corrected chi connectivity index (χ2v) is 5.34. The molecule has 2 aromatic rings. The van der Waals surface area contributed by atoms with Crippen LogP contribution in [0.15, 0.2) is 16.4 Å². The summed E-state index contributed by atoms with van der Waals surface area (Å²) in [6.07, 6.45) is 2.38. The van der Waals surface area contributed by atoms with Gasteiger partial charge in [0.2, 0.25) is 5.91 Å². The summed E-state index contributed by atoms with van der Waals surface area (Å²) in [7, 11) is 1.60. The van der Waals surface area contributed by atoms with Gasteiger partial charge in [-0.05, 0) is 0 Å². The Labute approximate surface area is 125 Å². The molecule has 0 fully saturated rings. The van der Waals surface area contributed by atoms with Crippen LogP contribution in [0.4, 0.5) is 0 Å². The minimum Gasteiger partial charge on any atom is -0.383 e. The van der Waals surface area contributed by atoms with Gasteiger partial charge in [0.15, 0.2) is 0 Å². The summed E-state index contributed by atoms with van der Waals surface area (Å²) in [6.45, 7) is 1.44. The lowest BCUT2D eigenvalue weighted by Crippen LogP contribution is -2.33. The summed E-state index contributed by atoms with van der Waals surface area (Å²) in [5.41, 5.74) is -0.364. The van der Waals surface area contributed by atoms with Gasteiger partial charge in [0.1, 0.15) is 10.8 Å². The lowest BCUT2D eigenvalue weighted by molar-refractivity contribution is -0.132. The van der Waals surface area contributed by atoms with E-state index in [1.54, 1.807) is 18.2 Å². The first-order chi connectivity index (χ1) is 10.2. The van der Waals surface area contributed by atoms with Gasteiger partial charge in [0.05, 0.1) is 13.2 Å². The number of aromatic amines is 2. The zero-order chi connectivity index (χ0) is 15.1. The maximum Gasteiger partial charge on any atom is 0.340 e. The molecule has 1 amide bonds. The first-order valence-corrected chi connectivity index (χ1v) is 7.35. The van der Waals surface area contributed by atoms with Gasteiger partial charge >= 0.3 is 5.69 Å². The van der Waals surface area contributed by atoms with E-state index in [1.807, 2.05) is 5.38 Å². The Morgan fingerprint density at radius 2 is 2.38 bits per heavy atom. The predicted octanol–water partition coefficient (Wildman–Crippen LogP) is 0.162. The second-order valence-electron chi connectivity index (χ2n) is 4.36. The number of ether oxygens (including phenoxy) is 1. The second kappa shape index (κ2) is 7.70. The molecule has 0 radical (unpaired) electrons. The number of carbonyl (C=O) groups is 1. The van der Waals surface area contributed by atoms with E-state index in [1.165, 1.54) is 11.3 Å². The Hall–Kier alpha value is -2.00. The largest absolute Gasteiger partial charge is 0.383 e. The number of nitrogens with zero attached hydrogens (tertiary/aromatic N) is 3. The van der Waals surface area contributed by atoms with Crippen molar-refractivity contribution in [1.82, 2.24) is 25.1 Å². The van der Waals surface area contributed by atoms with Gasteiger partial charge in [-0.3, -0.25) is 9.78 Å². The van der Waals surface area contributed by atoms with Crippen molar-refractivity contribution in [3.05, 3.63) is 32.9 Å². The van der Waals surface area contributed by atoms with E-state index in [0.29, 0.717) is 31.9 Å². The van der Waals surface area contributed by atoms with E-state index in [4.69, 9.17) is 4.74 Å². The standard InChI is InChI=1S/C12H17N5O3S/c1-20-6-5-17(8-10-13-4-7-21-10)11(18)3-2-9-14-12(19)16-15-9/h4,7H,2-3,5-6,8H2,1H3,(H2,14,15,16,19). The SMILES string of the molecule is COCCN(Cc1nccs1)C(=O)CCc1n[nH]c(=O)[nH]1. The smallest absolute Gasteiger partial charge is 0.340 e. The molecule has 2 rings (SSSR count). The molecular formula is C12H17N5O3S. The summed E-state index contributed by atoms with van der Waals surface area (Å²) in [5, 5.41) is 8.82. The molecule has 0 aromatic carbocycles. The Bertz CT molecular complexity index is 606. The van der Waals surface area contributed by atoms with Gasteiger partial charge in [-0.15, -0.1) is 11.3 Å². The molecule has 0 aliphatic heterocycles. The Kier molecular flexibility index (Phi) is 5.64. The fourth-order valence-corrected chi connectivity index (χ4v) is 2.43. The topological polar surface area (TPSA) is 104 Å². The highest BCUT2D eigenvalue weighted by molar-refractivity contribution is 7.09. The van der Waals surface area contributed by atoms with Crippen LogP contribution in [0, 0.1) is 0 Å². The van der Waals surface area contributed by atoms with E-state index in [-0.39, 0.29) is 18.0 Å². The number of thiazole rings is 1. The molecule has 0 saturated heterocycles. The molecule has 0 aliphatic carbocycles. The van der Waals surface area contributed by atoms with Crippen molar-refractivity contribution in [2.75, 3.05) is 20.3 Å². The molecule has 2 heterocycles. The van der Waals surface area contributed by atoms with Gasteiger partial charge in [-0.2, -0.15) is 5.10 Å². The molecule has 2 aromatic heterocycles. The molecule has 0 aliphatic rings. The van der Waals surface area contributed by atoms with Crippen LogP contribution < -0.4 is 5.69 Å². The molecule has 21 heavy (non-hydrogen) atoms. The third-order valence-electron chi connectivity index (χ3n) is 2.85. The fourth-order valence-electron chi connectivity index (χ4n) is 1.79. The minimum atomic E-state index is -0.364. The molecule has 9 heteroatoms. The molecule has 0 spiro atoms. The number of hydrogen-bond donors (Lipinski definition) is 2. The van der Waals surface area contributed by atoms with Crippen LogP contribution in [0.25, 0.3) is 0 Å². The van der Waals surface area contributed by atoms with Crippen molar-refractivity contribution in [3.8, 4) is 0 Å². The van der Waals surface area contributed by atoms with Crippen LogP contribution in [0.3, 0.4) is 0 Å². The number of rotatable bonds is 8. The number of methoxy groups -OCH3 is 1. The van der Waals surface area contributed by atoms with Crippen LogP contribution >= 0.6 is 11.3 Å². The average Bonchev–Trinajstić information content (AvgIpc) is 3.12. The van der Waals surface area contributed by atoms with Gasteiger partial charge < -0.3 is 9.64 Å². The van der Waals surface area contributed by atoms with E-state index in [9.17, 15) is 9.59 Å². The van der Waals surface area contributed by atoms with Crippen molar-refractivity contribution >= 4 is 17.2 Å². The zero-order valence-corrected chi connectivity index (χ0v) is 12.5. The fraction of sp³-hybridized carbons (Fsp3) is 0.500. The van der Waals surface area contributed by atoms with Crippen molar-refractivity contribution in [2.24, 2.45) is 0 Å². The third kappa shape index (κ3) is 4.80. The molecule has 2 N–H and O–H groups in total. The van der Waals surface area contributed by atoms with Crippen molar-refractivity contribution in [1.29, 1.82) is 0 Å². The van der Waals surface area contributed by atoms with Gasteiger partial charge in [-0.25, -0.2) is 14.9 Å². The molecule has 0 saturated carbocycles. The van der Waals surface area contributed by atoms with Crippen molar-refractivity contribution in [3.63, 3.8) is 0 Å². The van der Waals surface area contributed by atoms with Crippen LogP contribution in [-0.2, 0) is 22.5 Å². The number of amides is 1. The van der Waals surface area contributed by atoms with Gasteiger partial charge in [0.25, 0.3) is 0 Å². The highest BCUT2D eigenvalue weighted by Crippen LogP contribution is 2.10. The van der Waals surface area contributed by atoms with Gasteiger partial charge in [-0.1, -0.05) is 0 Å². The summed E-state index contributed by atoms with van der Waals surface area (Å²) in [6, 6.07) is 0. The highest BCUT2D eigenvalue weighted by Gasteiger charge is 2.15. The first kappa shape index (κ1) is 15.4. The van der Waals surface area contributed by atoms with Crippen LogP contribution in [-0.4, -0.2) is 51.2 Å². The van der Waals surface area contributed by atoms with Crippen molar-refractivity contribution < 1.29 is 9.53 Å². The lowest BCUT2D eigenvalue weighted by atomic mass is 10.2. The average molecular weight is 311 g/mol. The third-order valence-corrected chi connectivity index (χ3v) is 3.62. The van der Waals surface area contributed by atoms with Crippen LogP contribution in [0.1, 0.15) is 17.3 Å². The van der Waals surface area contributed by atoms with Crippen LogP contribution in [0.5, 0.6) is 0 Å². The maximum absolute atomic E-state index is 12.3. The quantitative estimate of drug-likeness (QED) is 0.723. The molecule has 114 valence electrons. The summed E-state index contributed by atoms with van der Waals surface area (Å²) in [4.78, 5) is 31.6. The maximum atomic E-state index is 12.3. The number of carbonyl (C=O) groups excluding carboxylic acids is 1. The molecule has 0 atom stereocenters. The van der Waals surface area contributed by atoms with E-state index in [0.717, 1.165) is 5.01 Å².